The molecule has 0 radical (unpaired) electrons. The zero-order valence-corrected chi connectivity index (χ0v) is 23.6. The van der Waals surface area contributed by atoms with Crippen molar-refractivity contribution in [1.29, 1.82) is 0 Å². The van der Waals surface area contributed by atoms with E-state index in [1.807, 2.05) is 6.07 Å². The number of unbranched alkanes of at least 4 members (excludes halogenated alkanes) is 2. The van der Waals surface area contributed by atoms with Crippen LogP contribution >= 0.6 is 0 Å². The third-order valence-corrected chi connectivity index (χ3v) is 7.88. The predicted octanol–water partition coefficient (Wildman–Crippen LogP) is 4.39. The lowest BCUT2D eigenvalue weighted by Gasteiger charge is -2.35. The van der Waals surface area contributed by atoms with Gasteiger partial charge in [0.1, 0.15) is 11.6 Å². The second-order valence-corrected chi connectivity index (χ2v) is 11.0. The molecule has 2 aliphatic rings. The van der Waals surface area contributed by atoms with Gasteiger partial charge in [0.2, 0.25) is 5.95 Å². The minimum Gasteiger partial charge on any atom is -0.383 e. The summed E-state index contributed by atoms with van der Waals surface area (Å²) in [5, 5.41) is 10.7. The van der Waals surface area contributed by atoms with Gasteiger partial charge in [0.05, 0.1) is 0 Å². The fourth-order valence-corrected chi connectivity index (χ4v) is 5.49. The Labute approximate surface area is 230 Å². The fraction of sp³-hybridized carbons (Fsp3) is 0.667. The van der Waals surface area contributed by atoms with E-state index < -0.39 is 0 Å². The van der Waals surface area contributed by atoms with Gasteiger partial charge in [-0.25, -0.2) is 0 Å². The number of anilines is 3. The first-order valence-corrected chi connectivity index (χ1v) is 15.1. The van der Waals surface area contributed by atoms with Crippen LogP contribution in [0.2, 0.25) is 0 Å². The summed E-state index contributed by atoms with van der Waals surface area (Å²) in [5.74, 6) is 2.03. The number of aromatic nitrogens is 2. The van der Waals surface area contributed by atoms with Gasteiger partial charge in [-0.05, 0) is 56.4 Å². The van der Waals surface area contributed by atoms with E-state index >= 15 is 0 Å². The second-order valence-electron chi connectivity index (χ2n) is 11.0. The monoisotopic (exact) mass is 522 g/mol. The van der Waals surface area contributed by atoms with Gasteiger partial charge < -0.3 is 26.6 Å². The van der Waals surface area contributed by atoms with Crippen LogP contribution in [-0.4, -0.2) is 66.7 Å². The highest BCUT2D eigenvalue weighted by molar-refractivity contribution is 5.52. The molecule has 2 heterocycles. The summed E-state index contributed by atoms with van der Waals surface area (Å²) in [6.07, 6.45) is 12.0. The molecule has 0 unspecified atom stereocenters. The summed E-state index contributed by atoms with van der Waals surface area (Å²) in [7, 11) is 0. The molecule has 1 aromatic heterocycles. The van der Waals surface area contributed by atoms with E-state index in [1.165, 1.54) is 75.5 Å². The number of hydrogen-bond donors (Lipinski definition) is 4. The smallest absolute Gasteiger partial charge is 0.226 e. The van der Waals surface area contributed by atoms with Crippen molar-refractivity contribution in [2.45, 2.75) is 83.8 Å². The van der Waals surface area contributed by atoms with E-state index in [9.17, 15) is 0 Å². The Morgan fingerprint density at radius 1 is 0.868 bits per heavy atom. The van der Waals surface area contributed by atoms with Crippen LogP contribution in [0, 0.1) is 0 Å². The number of benzene rings is 1. The van der Waals surface area contributed by atoms with Crippen LogP contribution in [0.5, 0.6) is 0 Å². The van der Waals surface area contributed by atoms with Crippen molar-refractivity contribution in [1.82, 2.24) is 25.5 Å². The minimum atomic E-state index is 0.512. The first kappa shape index (κ1) is 28.6. The molecule has 1 aromatic carbocycles. The average molecular weight is 523 g/mol. The summed E-state index contributed by atoms with van der Waals surface area (Å²) in [6, 6.07) is 11.4. The summed E-state index contributed by atoms with van der Waals surface area (Å²) in [4.78, 5) is 14.1. The van der Waals surface area contributed by atoms with E-state index in [4.69, 9.17) is 10.7 Å². The molecule has 4 rings (SSSR count). The topological polar surface area (TPSA) is 94.4 Å². The van der Waals surface area contributed by atoms with Crippen LogP contribution in [0.3, 0.4) is 0 Å². The highest BCUT2D eigenvalue weighted by Crippen LogP contribution is 2.19. The van der Waals surface area contributed by atoms with Gasteiger partial charge in [0.25, 0.3) is 0 Å². The van der Waals surface area contributed by atoms with E-state index in [2.05, 4.69) is 61.9 Å². The molecular formula is C30H50N8. The zero-order chi connectivity index (χ0) is 26.4. The van der Waals surface area contributed by atoms with Crippen molar-refractivity contribution in [3.8, 4) is 0 Å². The number of nitrogens with two attached hydrogens (primary N) is 1. The van der Waals surface area contributed by atoms with E-state index in [0.29, 0.717) is 18.3 Å². The average Bonchev–Trinajstić information content (AvgIpc) is 2.95. The first-order chi connectivity index (χ1) is 18.7. The van der Waals surface area contributed by atoms with Crippen LogP contribution in [-0.2, 0) is 13.1 Å². The van der Waals surface area contributed by atoms with E-state index in [0.717, 1.165) is 57.7 Å². The summed E-state index contributed by atoms with van der Waals surface area (Å²) in [6.45, 7) is 11.3. The Kier molecular flexibility index (Phi) is 11.9. The van der Waals surface area contributed by atoms with Crippen LogP contribution < -0.4 is 26.6 Å². The van der Waals surface area contributed by atoms with Gasteiger partial charge in [0.15, 0.2) is 0 Å². The van der Waals surface area contributed by atoms with Crippen molar-refractivity contribution < 1.29 is 0 Å². The number of nitrogens with zero attached hydrogens (tertiary/aromatic N) is 4. The highest BCUT2D eigenvalue weighted by atomic mass is 15.3. The molecule has 0 spiro atoms. The SMILES string of the molecule is CCCCCN1CCN(c2cc(N)nc(NCc3ccc(CNCCCNC4CCCCC4)cc3)n2)CC1. The number of piperazine rings is 1. The maximum atomic E-state index is 6.14. The number of nitrogens with one attached hydrogen (secondary N) is 3. The summed E-state index contributed by atoms with van der Waals surface area (Å²) >= 11 is 0. The van der Waals surface area contributed by atoms with Crippen molar-refractivity contribution in [3.63, 3.8) is 0 Å². The molecule has 1 aliphatic heterocycles. The molecule has 8 heteroatoms. The van der Waals surface area contributed by atoms with Gasteiger partial charge in [0, 0.05) is 51.4 Å². The Bertz CT molecular complexity index is 920. The predicted molar refractivity (Wildman–Crippen MR) is 160 cm³/mol. The first-order valence-electron chi connectivity index (χ1n) is 15.1. The van der Waals surface area contributed by atoms with Crippen molar-refractivity contribution in [2.75, 3.05) is 61.8 Å². The minimum absolute atomic E-state index is 0.512. The largest absolute Gasteiger partial charge is 0.383 e. The van der Waals surface area contributed by atoms with Gasteiger partial charge in [-0.3, -0.25) is 4.90 Å². The molecule has 8 nitrogen and oxygen atoms in total. The maximum Gasteiger partial charge on any atom is 0.226 e. The lowest BCUT2D eigenvalue weighted by Crippen LogP contribution is -2.47. The molecule has 0 bridgehead atoms. The number of rotatable bonds is 15. The van der Waals surface area contributed by atoms with Gasteiger partial charge in [-0.2, -0.15) is 9.97 Å². The Morgan fingerprint density at radius 2 is 1.61 bits per heavy atom. The molecule has 0 amide bonds. The molecule has 2 aromatic rings. The Hall–Kier alpha value is -2.42. The van der Waals surface area contributed by atoms with Crippen LogP contribution in [0.25, 0.3) is 0 Å². The molecule has 5 N–H and O–H groups in total. The summed E-state index contributed by atoms with van der Waals surface area (Å²) < 4.78 is 0. The third kappa shape index (κ3) is 9.71. The lowest BCUT2D eigenvalue weighted by atomic mass is 9.95. The molecule has 1 saturated heterocycles. The molecule has 2 fully saturated rings. The van der Waals surface area contributed by atoms with E-state index in [1.54, 1.807) is 0 Å². The van der Waals surface area contributed by atoms with Gasteiger partial charge >= 0.3 is 0 Å². The third-order valence-electron chi connectivity index (χ3n) is 7.88. The molecule has 210 valence electrons. The fourth-order valence-electron chi connectivity index (χ4n) is 5.49. The lowest BCUT2D eigenvalue weighted by molar-refractivity contribution is 0.252. The molecular weight excluding hydrogens is 472 g/mol. The van der Waals surface area contributed by atoms with Crippen molar-refractivity contribution in [2.24, 2.45) is 0 Å². The second kappa shape index (κ2) is 15.9. The number of hydrogen-bond acceptors (Lipinski definition) is 8. The highest BCUT2D eigenvalue weighted by Gasteiger charge is 2.19. The van der Waals surface area contributed by atoms with Crippen molar-refractivity contribution >= 4 is 17.6 Å². The normalized spacial score (nSPS) is 17.1. The maximum absolute atomic E-state index is 6.14. The molecule has 0 atom stereocenters. The Morgan fingerprint density at radius 3 is 2.34 bits per heavy atom. The van der Waals surface area contributed by atoms with Gasteiger partial charge in [-0.15, -0.1) is 0 Å². The Balaban J connectivity index is 1.15. The van der Waals surface area contributed by atoms with Gasteiger partial charge in [-0.1, -0.05) is 63.3 Å². The van der Waals surface area contributed by atoms with E-state index in [-0.39, 0.29) is 0 Å². The molecule has 1 aliphatic carbocycles. The van der Waals surface area contributed by atoms with Crippen LogP contribution in [0.15, 0.2) is 30.3 Å². The summed E-state index contributed by atoms with van der Waals surface area (Å²) in [5.41, 5.74) is 8.66. The molecule has 38 heavy (non-hydrogen) atoms. The quantitative estimate of drug-likeness (QED) is 0.256. The van der Waals surface area contributed by atoms with Crippen LogP contribution in [0.4, 0.5) is 17.6 Å². The van der Waals surface area contributed by atoms with Crippen LogP contribution in [0.1, 0.15) is 75.8 Å². The number of nitrogen functional groups attached to an aromatic ring is 1. The standard InChI is InChI=1S/C30H50N8/c1-2-3-7-17-37-18-20-38(21-19-37)29-22-28(31)35-30(36-29)34-24-26-13-11-25(12-14-26)23-32-15-8-16-33-27-9-5-4-6-10-27/h11-14,22,27,32-33H,2-10,15-21,23-24H2,1H3,(H3,31,34,35,36). The van der Waals surface area contributed by atoms with Crippen molar-refractivity contribution in [3.05, 3.63) is 41.5 Å². The zero-order valence-electron chi connectivity index (χ0n) is 23.6. The molecule has 1 saturated carbocycles.